The van der Waals surface area contributed by atoms with Crippen molar-refractivity contribution in [3.8, 4) is 0 Å². The summed E-state index contributed by atoms with van der Waals surface area (Å²) in [7, 11) is 0. The van der Waals surface area contributed by atoms with Crippen molar-refractivity contribution in [1.82, 2.24) is 9.55 Å². The fourth-order valence-electron chi connectivity index (χ4n) is 3.67. The van der Waals surface area contributed by atoms with E-state index in [1.54, 1.807) is 37.3 Å². The molecular weight excluding hydrogens is 455 g/mol. The van der Waals surface area contributed by atoms with Gasteiger partial charge in [-0.1, -0.05) is 35.4 Å². The number of anilines is 1. The van der Waals surface area contributed by atoms with Gasteiger partial charge in [-0.25, -0.2) is 0 Å². The summed E-state index contributed by atoms with van der Waals surface area (Å²) < 4.78 is 44.0. The number of fused-ring (bicyclic) bond motifs is 1. The predicted octanol–water partition coefficient (Wildman–Crippen LogP) is 5.89. The number of nitrogens with zero attached hydrogens (tertiary/aromatic N) is 2. The molecule has 2 aromatic carbocycles. The molecular formula is C24H17ClF3N3O2. The molecule has 2 aromatic heterocycles. The van der Waals surface area contributed by atoms with Gasteiger partial charge in [0.25, 0.3) is 11.7 Å². The predicted molar refractivity (Wildman–Crippen MR) is 119 cm³/mol. The average molecular weight is 472 g/mol. The minimum atomic E-state index is -4.89. The number of hydrogen-bond donors (Lipinski definition) is 1. The third-order valence-corrected chi connectivity index (χ3v) is 5.36. The molecule has 0 spiro atoms. The van der Waals surface area contributed by atoms with Crippen LogP contribution < -0.4 is 5.32 Å². The lowest BCUT2D eigenvalue weighted by atomic mass is 10.0. The third-order valence-electron chi connectivity index (χ3n) is 5.11. The van der Waals surface area contributed by atoms with Gasteiger partial charge in [0.2, 0.25) is 0 Å². The lowest BCUT2D eigenvalue weighted by Gasteiger charge is -2.15. The first-order valence-corrected chi connectivity index (χ1v) is 10.2. The Balaban J connectivity index is 1.89. The maximum absolute atomic E-state index is 14.3. The van der Waals surface area contributed by atoms with Gasteiger partial charge < -0.3 is 9.88 Å². The minimum absolute atomic E-state index is 0.0613. The summed E-state index contributed by atoms with van der Waals surface area (Å²) in [6.45, 7) is 1.54. The maximum atomic E-state index is 14.3. The van der Waals surface area contributed by atoms with Crippen LogP contribution in [-0.4, -0.2) is 21.2 Å². The van der Waals surface area contributed by atoms with Gasteiger partial charge in [0.15, 0.2) is 0 Å². The number of ketones is 1. The van der Waals surface area contributed by atoms with Crippen LogP contribution in [0.3, 0.4) is 0 Å². The van der Waals surface area contributed by atoms with E-state index in [1.165, 1.54) is 36.7 Å². The monoisotopic (exact) mass is 471 g/mol. The van der Waals surface area contributed by atoms with Gasteiger partial charge in [-0.05, 0) is 48.9 Å². The van der Waals surface area contributed by atoms with Crippen LogP contribution in [0.15, 0.2) is 67.0 Å². The highest BCUT2D eigenvalue weighted by Crippen LogP contribution is 2.39. The highest BCUT2D eigenvalue weighted by Gasteiger charge is 2.42. The van der Waals surface area contributed by atoms with Crippen molar-refractivity contribution in [2.75, 3.05) is 5.32 Å². The standard InChI is InChI=1S/C24H17ClF3N3O2/c1-14-2-7-19-18(12-14)20(21(32)23(33)30-17-8-10-29-11-9-17)22(24(26,27)28)31(19)13-15-3-5-16(25)6-4-15/h2-12H,13H2,1H3,(H,29,30,33). The number of carbonyl (C=O) groups is 2. The van der Waals surface area contributed by atoms with E-state index < -0.39 is 29.1 Å². The summed E-state index contributed by atoms with van der Waals surface area (Å²) in [6.07, 6.45) is -2.10. The van der Waals surface area contributed by atoms with Crippen LogP contribution in [-0.2, 0) is 17.5 Å². The number of benzene rings is 2. The lowest BCUT2D eigenvalue weighted by Crippen LogP contribution is -2.26. The van der Waals surface area contributed by atoms with E-state index in [4.69, 9.17) is 11.6 Å². The maximum Gasteiger partial charge on any atom is 0.432 e. The summed E-state index contributed by atoms with van der Waals surface area (Å²) in [4.78, 5) is 29.6. The van der Waals surface area contributed by atoms with Crippen LogP contribution in [0, 0.1) is 6.92 Å². The Kier molecular flexibility index (Phi) is 5.95. The summed E-state index contributed by atoms with van der Waals surface area (Å²) in [5.41, 5.74) is -0.193. The van der Waals surface area contributed by atoms with Crippen molar-refractivity contribution in [3.63, 3.8) is 0 Å². The van der Waals surface area contributed by atoms with E-state index in [9.17, 15) is 22.8 Å². The number of Topliss-reactive ketones (excluding diaryl/α,β-unsaturated/α-hetero) is 1. The zero-order valence-corrected chi connectivity index (χ0v) is 18.0. The number of halogens is 4. The van der Waals surface area contributed by atoms with Crippen LogP contribution in [0.2, 0.25) is 5.02 Å². The molecule has 4 aromatic rings. The average Bonchev–Trinajstić information content (AvgIpc) is 3.09. The molecule has 168 valence electrons. The van der Waals surface area contributed by atoms with E-state index in [-0.39, 0.29) is 23.1 Å². The third kappa shape index (κ3) is 4.61. The van der Waals surface area contributed by atoms with Crippen molar-refractivity contribution in [2.45, 2.75) is 19.6 Å². The first-order valence-electron chi connectivity index (χ1n) is 9.85. The number of amides is 1. The molecule has 4 rings (SSSR count). The minimum Gasteiger partial charge on any atom is -0.332 e. The molecule has 1 amide bonds. The number of alkyl halides is 3. The Morgan fingerprint density at radius 3 is 2.33 bits per heavy atom. The highest BCUT2D eigenvalue weighted by molar-refractivity contribution is 6.48. The zero-order chi connectivity index (χ0) is 23.8. The van der Waals surface area contributed by atoms with Crippen LogP contribution in [0.4, 0.5) is 18.9 Å². The molecule has 0 saturated carbocycles. The quantitative estimate of drug-likeness (QED) is 0.292. The molecule has 0 radical (unpaired) electrons. The van der Waals surface area contributed by atoms with Gasteiger partial charge in [-0.15, -0.1) is 0 Å². The topological polar surface area (TPSA) is 64.0 Å². The SMILES string of the molecule is Cc1ccc2c(c1)c(C(=O)C(=O)Nc1ccncc1)c(C(F)(F)F)n2Cc1ccc(Cl)cc1. The molecule has 1 N–H and O–H groups in total. The number of hydrogen-bond acceptors (Lipinski definition) is 3. The Morgan fingerprint density at radius 1 is 1.03 bits per heavy atom. The second kappa shape index (κ2) is 8.71. The number of carbonyl (C=O) groups excluding carboxylic acids is 2. The largest absolute Gasteiger partial charge is 0.432 e. The van der Waals surface area contributed by atoms with Gasteiger partial charge >= 0.3 is 6.18 Å². The van der Waals surface area contributed by atoms with Crippen LogP contribution in [0.25, 0.3) is 10.9 Å². The molecule has 0 aliphatic heterocycles. The van der Waals surface area contributed by atoms with E-state index in [0.29, 0.717) is 16.1 Å². The van der Waals surface area contributed by atoms with Crippen molar-refractivity contribution >= 4 is 39.9 Å². The first-order chi connectivity index (χ1) is 15.6. The molecule has 0 aliphatic carbocycles. The summed E-state index contributed by atoms with van der Waals surface area (Å²) in [5.74, 6) is -2.44. The number of aryl methyl sites for hydroxylation is 1. The van der Waals surface area contributed by atoms with Crippen LogP contribution in [0.1, 0.15) is 27.2 Å². The number of aromatic nitrogens is 2. The Morgan fingerprint density at radius 2 is 1.70 bits per heavy atom. The smallest absolute Gasteiger partial charge is 0.332 e. The van der Waals surface area contributed by atoms with Gasteiger partial charge in [0.05, 0.1) is 5.56 Å². The van der Waals surface area contributed by atoms with Gasteiger partial charge in [0.1, 0.15) is 5.69 Å². The van der Waals surface area contributed by atoms with E-state index >= 15 is 0 Å². The molecule has 9 heteroatoms. The van der Waals surface area contributed by atoms with Crippen LogP contribution in [0.5, 0.6) is 0 Å². The normalized spacial score (nSPS) is 11.5. The Bertz CT molecular complexity index is 1350. The molecule has 5 nitrogen and oxygen atoms in total. The van der Waals surface area contributed by atoms with E-state index in [0.717, 1.165) is 4.57 Å². The Hall–Kier alpha value is -3.65. The zero-order valence-electron chi connectivity index (χ0n) is 17.3. The van der Waals surface area contributed by atoms with Gasteiger partial charge in [-0.3, -0.25) is 14.6 Å². The molecule has 0 saturated heterocycles. The molecule has 2 heterocycles. The molecule has 0 unspecified atom stereocenters. The first kappa shape index (κ1) is 22.5. The highest BCUT2D eigenvalue weighted by atomic mass is 35.5. The lowest BCUT2D eigenvalue weighted by molar-refractivity contribution is -0.143. The second-order valence-electron chi connectivity index (χ2n) is 7.47. The number of pyridine rings is 1. The summed E-state index contributed by atoms with van der Waals surface area (Å²) >= 11 is 5.90. The van der Waals surface area contributed by atoms with E-state index in [1.807, 2.05) is 0 Å². The molecule has 0 fully saturated rings. The molecule has 0 aliphatic rings. The van der Waals surface area contributed by atoms with Gasteiger partial charge in [0, 0.05) is 40.6 Å². The summed E-state index contributed by atoms with van der Waals surface area (Å²) in [6, 6.07) is 13.9. The van der Waals surface area contributed by atoms with Crippen molar-refractivity contribution in [3.05, 3.63) is 94.4 Å². The molecule has 0 bridgehead atoms. The van der Waals surface area contributed by atoms with Gasteiger partial charge in [-0.2, -0.15) is 13.2 Å². The Labute approximate surface area is 191 Å². The fraction of sp³-hybridized carbons (Fsp3) is 0.125. The molecule has 33 heavy (non-hydrogen) atoms. The second-order valence-corrected chi connectivity index (χ2v) is 7.91. The van der Waals surface area contributed by atoms with E-state index in [2.05, 4.69) is 10.3 Å². The van der Waals surface area contributed by atoms with Crippen LogP contribution >= 0.6 is 11.6 Å². The summed E-state index contributed by atoms with van der Waals surface area (Å²) in [5, 5.41) is 2.86. The van der Waals surface area contributed by atoms with Crippen molar-refractivity contribution in [2.24, 2.45) is 0 Å². The number of rotatable bonds is 5. The molecule has 0 atom stereocenters. The van der Waals surface area contributed by atoms with Crippen molar-refractivity contribution in [1.29, 1.82) is 0 Å². The number of nitrogens with one attached hydrogen (secondary N) is 1. The van der Waals surface area contributed by atoms with Crippen molar-refractivity contribution < 1.29 is 22.8 Å². The fourth-order valence-corrected chi connectivity index (χ4v) is 3.79.